The molecule has 0 aromatic heterocycles. The molecular formula is C22H30N4O3S2. The van der Waals surface area contributed by atoms with Gasteiger partial charge in [-0.3, -0.25) is 14.7 Å². The zero-order valence-electron chi connectivity index (χ0n) is 17.7. The minimum Gasteiger partial charge on any atom is -0.336 e. The fourth-order valence-electron chi connectivity index (χ4n) is 5.15. The van der Waals surface area contributed by atoms with E-state index in [0.29, 0.717) is 11.6 Å². The maximum atomic E-state index is 12.9. The number of nitrogens with zero attached hydrogens (tertiary/aromatic N) is 3. The summed E-state index contributed by atoms with van der Waals surface area (Å²) in [6, 6.07) is 8.12. The van der Waals surface area contributed by atoms with Gasteiger partial charge in [-0.15, -0.1) is 0 Å². The molecule has 4 aliphatic rings. The van der Waals surface area contributed by atoms with Crippen molar-refractivity contribution in [2.24, 2.45) is 4.99 Å². The second-order valence-corrected chi connectivity index (χ2v) is 12.4. The first kappa shape index (κ1) is 21.3. The number of hydrogen-bond acceptors (Lipinski definition) is 7. The minimum absolute atomic E-state index is 0.0284. The van der Waals surface area contributed by atoms with Gasteiger partial charge in [0, 0.05) is 48.7 Å². The van der Waals surface area contributed by atoms with E-state index in [1.165, 1.54) is 43.9 Å². The van der Waals surface area contributed by atoms with Crippen LogP contribution in [0.5, 0.6) is 0 Å². The van der Waals surface area contributed by atoms with Gasteiger partial charge in [-0.1, -0.05) is 31.0 Å². The lowest BCUT2D eigenvalue weighted by molar-refractivity contribution is 0.0523. The smallest absolute Gasteiger partial charge is 0.253 e. The van der Waals surface area contributed by atoms with E-state index in [2.05, 4.69) is 15.2 Å². The van der Waals surface area contributed by atoms with Gasteiger partial charge in [-0.25, -0.2) is 8.42 Å². The molecule has 168 valence electrons. The van der Waals surface area contributed by atoms with Crippen LogP contribution in [0.1, 0.15) is 42.5 Å². The average molecular weight is 463 g/mol. The molecule has 0 unspecified atom stereocenters. The second-order valence-electron chi connectivity index (χ2n) is 9.06. The van der Waals surface area contributed by atoms with Gasteiger partial charge < -0.3 is 10.2 Å². The number of carbonyl (C=O) groups excluding carboxylic acids is 1. The lowest BCUT2D eigenvalue weighted by atomic mass is 9.94. The first-order chi connectivity index (χ1) is 15.0. The standard InChI is InChI=1S/C22H30N4O3S2/c27-21(26-12-10-25(11-13-26)18-4-2-1-3-5-18)16-6-8-17(9-7-16)23-22-24-19-14-31(28,29)15-20(19)30-22/h6-9,18-20H,1-5,10-15H2,(H,23,24)/t19-,20-/m0/s1. The molecule has 2 saturated heterocycles. The van der Waals surface area contributed by atoms with Gasteiger partial charge in [-0.05, 0) is 37.1 Å². The number of carbonyl (C=O) groups is 1. The predicted molar refractivity (Wildman–Crippen MR) is 126 cm³/mol. The number of piperazine rings is 1. The van der Waals surface area contributed by atoms with Crippen molar-refractivity contribution in [3.05, 3.63) is 29.8 Å². The summed E-state index contributed by atoms with van der Waals surface area (Å²) in [5.41, 5.74) is 1.58. The molecule has 1 amide bonds. The van der Waals surface area contributed by atoms with Gasteiger partial charge in [-0.2, -0.15) is 0 Å². The van der Waals surface area contributed by atoms with Crippen molar-refractivity contribution in [3.8, 4) is 0 Å². The van der Waals surface area contributed by atoms with E-state index in [9.17, 15) is 13.2 Å². The number of anilines is 1. The van der Waals surface area contributed by atoms with E-state index < -0.39 is 9.84 Å². The zero-order chi connectivity index (χ0) is 21.4. The third-order valence-electron chi connectivity index (χ3n) is 6.89. The number of amidine groups is 1. The fourth-order valence-corrected chi connectivity index (χ4v) is 8.83. The molecule has 1 saturated carbocycles. The van der Waals surface area contributed by atoms with Crippen LogP contribution >= 0.6 is 11.8 Å². The van der Waals surface area contributed by atoms with E-state index in [-0.39, 0.29) is 28.7 Å². The molecule has 3 heterocycles. The number of benzene rings is 1. The van der Waals surface area contributed by atoms with Crippen LogP contribution in [0.4, 0.5) is 5.69 Å². The molecule has 1 aromatic rings. The maximum Gasteiger partial charge on any atom is 0.253 e. The van der Waals surface area contributed by atoms with Crippen molar-refractivity contribution >= 4 is 38.4 Å². The molecule has 0 radical (unpaired) electrons. The van der Waals surface area contributed by atoms with Gasteiger partial charge in [0.25, 0.3) is 5.91 Å². The highest BCUT2D eigenvalue weighted by molar-refractivity contribution is 8.15. The molecule has 7 nitrogen and oxygen atoms in total. The Bertz CT molecular complexity index is 949. The molecule has 3 fully saturated rings. The first-order valence-corrected chi connectivity index (χ1v) is 14.0. The van der Waals surface area contributed by atoms with Crippen molar-refractivity contribution in [2.75, 3.05) is 43.0 Å². The molecule has 2 atom stereocenters. The summed E-state index contributed by atoms with van der Waals surface area (Å²) in [5.74, 6) is 0.456. The highest BCUT2D eigenvalue weighted by atomic mass is 32.2. The van der Waals surface area contributed by atoms with E-state index in [0.717, 1.165) is 37.0 Å². The van der Waals surface area contributed by atoms with Crippen LogP contribution in [-0.2, 0) is 9.84 Å². The highest BCUT2D eigenvalue weighted by Crippen LogP contribution is 2.34. The number of fused-ring (bicyclic) bond motifs is 1. The van der Waals surface area contributed by atoms with Gasteiger partial charge in [0.1, 0.15) is 0 Å². The zero-order valence-corrected chi connectivity index (χ0v) is 19.3. The van der Waals surface area contributed by atoms with Crippen molar-refractivity contribution in [1.82, 2.24) is 9.80 Å². The Kier molecular flexibility index (Phi) is 6.00. The topological polar surface area (TPSA) is 82.1 Å². The molecule has 1 aliphatic carbocycles. The van der Waals surface area contributed by atoms with E-state index >= 15 is 0 Å². The Labute approximate surface area is 188 Å². The monoisotopic (exact) mass is 462 g/mol. The number of nitrogens with one attached hydrogen (secondary N) is 1. The maximum absolute atomic E-state index is 12.9. The fraction of sp³-hybridized carbons (Fsp3) is 0.636. The molecule has 1 N–H and O–H groups in total. The number of thioether (sulfide) groups is 1. The molecule has 5 rings (SSSR count). The summed E-state index contributed by atoms with van der Waals surface area (Å²) in [6.45, 7) is 3.55. The third kappa shape index (κ3) is 4.78. The van der Waals surface area contributed by atoms with Gasteiger partial charge in [0.2, 0.25) is 0 Å². The highest BCUT2D eigenvalue weighted by Gasteiger charge is 2.42. The Hall–Kier alpha value is -1.58. The van der Waals surface area contributed by atoms with Gasteiger partial charge >= 0.3 is 0 Å². The largest absolute Gasteiger partial charge is 0.336 e. The Morgan fingerprint density at radius 1 is 1.00 bits per heavy atom. The van der Waals surface area contributed by atoms with Crippen LogP contribution in [0, 0.1) is 0 Å². The number of aliphatic imine (C=N–C) groups is 1. The van der Waals surface area contributed by atoms with Gasteiger partial charge in [0.15, 0.2) is 15.0 Å². The van der Waals surface area contributed by atoms with Crippen LogP contribution in [0.15, 0.2) is 29.3 Å². The van der Waals surface area contributed by atoms with Crippen LogP contribution in [0.25, 0.3) is 0 Å². The number of sulfone groups is 1. The van der Waals surface area contributed by atoms with Crippen LogP contribution < -0.4 is 5.32 Å². The number of hydrogen-bond donors (Lipinski definition) is 1. The SMILES string of the molecule is O=C(c1ccc(NC2=N[C@H]3CS(=O)(=O)C[C@@H]3S2)cc1)N1CCN(C2CCCCC2)CC1. The van der Waals surface area contributed by atoms with Crippen molar-refractivity contribution in [2.45, 2.75) is 49.4 Å². The molecular weight excluding hydrogens is 432 g/mol. The van der Waals surface area contributed by atoms with E-state index in [1.807, 2.05) is 29.2 Å². The molecule has 0 bridgehead atoms. The summed E-state index contributed by atoms with van der Waals surface area (Å²) < 4.78 is 23.4. The minimum atomic E-state index is -2.94. The van der Waals surface area contributed by atoms with Crippen molar-refractivity contribution < 1.29 is 13.2 Å². The van der Waals surface area contributed by atoms with E-state index in [4.69, 9.17) is 0 Å². The van der Waals surface area contributed by atoms with Crippen molar-refractivity contribution in [1.29, 1.82) is 0 Å². The normalized spacial score (nSPS) is 28.9. The van der Waals surface area contributed by atoms with Crippen molar-refractivity contribution in [3.63, 3.8) is 0 Å². The van der Waals surface area contributed by atoms with Gasteiger partial charge in [0.05, 0.1) is 17.5 Å². The van der Waals surface area contributed by atoms with Crippen LogP contribution in [0.3, 0.4) is 0 Å². The molecule has 1 aromatic carbocycles. The third-order valence-corrected chi connectivity index (χ3v) is 10.0. The lowest BCUT2D eigenvalue weighted by Gasteiger charge is -2.40. The molecule has 0 spiro atoms. The lowest BCUT2D eigenvalue weighted by Crippen LogP contribution is -2.52. The summed E-state index contributed by atoms with van der Waals surface area (Å²) in [4.78, 5) is 22.0. The Morgan fingerprint density at radius 2 is 1.71 bits per heavy atom. The number of rotatable bonds is 3. The number of amides is 1. The summed E-state index contributed by atoms with van der Waals surface area (Å²) in [6.07, 6.45) is 6.67. The quantitative estimate of drug-likeness (QED) is 0.743. The molecule has 31 heavy (non-hydrogen) atoms. The second kappa shape index (κ2) is 8.75. The van der Waals surface area contributed by atoms with Crippen LogP contribution in [-0.4, -0.2) is 84.3 Å². The first-order valence-electron chi connectivity index (χ1n) is 11.3. The molecule has 3 aliphatic heterocycles. The average Bonchev–Trinajstić information content (AvgIpc) is 3.27. The Balaban J connectivity index is 1.14. The Morgan fingerprint density at radius 3 is 2.39 bits per heavy atom. The summed E-state index contributed by atoms with van der Waals surface area (Å²) in [7, 11) is -2.94. The van der Waals surface area contributed by atoms with E-state index in [1.54, 1.807) is 0 Å². The molecule has 9 heteroatoms. The van der Waals surface area contributed by atoms with Crippen LogP contribution in [0.2, 0.25) is 0 Å². The predicted octanol–water partition coefficient (Wildman–Crippen LogP) is 2.46. The summed E-state index contributed by atoms with van der Waals surface area (Å²) in [5, 5.41) is 4.07. The summed E-state index contributed by atoms with van der Waals surface area (Å²) >= 11 is 1.50.